The second-order valence-corrected chi connectivity index (χ2v) is 4.51. The predicted octanol–water partition coefficient (Wildman–Crippen LogP) is 2.87. The van der Waals surface area contributed by atoms with Crippen molar-refractivity contribution >= 4 is 0 Å². The number of hydrogen-bond acceptors (Lipinski definition) is 4. The average Bonchev–Trinajstić information content (AvgIpc) is 2.88. The number of nitrogens with one attached hydrogen (secondary N) is 1. The van der Waals surface area contributed by atoms with Crippen molar-refractivity contribution in [3.8, 4) is 11.5 Å². The van der Waals surface area contributed by atoms with E-state index in [1.165, 1.54) is 6.42 Å². The summed E-state index contributed by atoms with van der Waals surface area (Å²) in [5, 5.41) is 11.4. The second-order valence-electron chi connectivity index (χ2n) is 4.51. The summed E-state index contributed by atoms with van der Waals surface area (Å²) >= 11 is 0. The third-order valence-electron chi connectivity index (χ3n) is 2.95. The molecule has 2 aromatic rings. The smallest absolute Gasteiger partial charge is 0.247 e. The molecule has 1 heterocycles. The topological polar surface area (TPSA) is 51.0 Å². The first-order valence-corrected chi connectivity index (χ1v) is 6.38. The van der Waals surface area contributed by atoms with Gasteiger partial charge in [0.1, 0.15) is 0 Å². The van der Waals surface area contributed by atoms with Gasteiger partial charge in [0.25, 0.3) is 0 Å². The molecule has 1 unspecified atom stereocenters. The highest BCUT2D eigenvalue weighted by Gasteiger charge is 2.07. The molecule has 4 nitrogen and oxygen atoms in total. The number of benzene rings is 1. The number of hydrogen-bond donors (Lipinski definition) is 1. The SMILES string of the molecule is CCC(C)CNCc1nnc(-c2ccccc2)o1. The normalized spacial score (nSPS) is 12.6. The minimum atomic E-state index is 0.580. The number of rotatable bonds is 6. The van der Waals surface area contributed by atoms with Crippen LogP contribution in [0.1, 0.15) is 26.2 Å². The number of nitrogens with zero attached hydrogens (tertiary/aromatic N) is 2. The summed E-state index contributed by atoms with van der Waals surface area (Å²) in [6.07, 6.45) is 1.17. The van der Waals surface area contributed by atoms with Crippen molar-refractivity contribution in [3.63, 3.8) is 0 Å². The molecule has 0 amide bonds. The third-order valence-corrected chi connectivity index (χ3v) is 2.95. The lowest BCUT2D eigenvalue weighted by atomic mass is 10.1. The summed E-state index contributed by atoms with van der Waals surface area (Å²) in [5.74, 6) is 1.88. The first kappa shape index (κ1) is 12.8. The van der Waals surface area contributed by atoms with Crippen LogP contribution < -0.4 is 5.32 Å². The van der Waals surface area contributed by atoms with Crippen LogP contribution in [0.4, 0.5) is 0 Å². The molecule has 0 aliphatic heterocycles. The van der Waals surface area contributed by atoms with Crippen molar-refractivity contribution in [2.75, 3.05) is 6.54 Å². The molecule has 0 fully saturated rings. The lowest BCUT2D eigenvalue weighted by molar-refractivity contribution is 0.443. The van der Waals surface area contributed by atoms with Gasteiger partial charge in [0.2, 0.25) is 11.8 Å². The summed E-state index contributed by atoms with van der Waals surface area (Å²) in [6.45, 7) is 6.01. The van der Waals surface area contributed by atoms with E-state index in [0.29, 0.717) is 24.2 Å². The molecular formula is C14H19N3O. The number of aromatic nitrogens is 2. The zero-order valence-electron chi connectivity index (χ0n) is 10.9. The van der Waals surface area contributed by atoms with E-state index in [9.17, 15) is 0 Å². The van der Waals surface area contributed by atoms with E-state index >= 15 is 0 Å². The largest absolute Gasteiger partial charge is 0.419 e. The van der Waals surface area contributed by atoms with Crippen molar-refractivity contribution < 1.29 is 4.42 Å². The Bertz CT molecular complexity index is 467. The van der Waals surface area contributed by atoms with E-state index in [-0.39, 0.29) is 0 Å². The summed E-state index contributed by atoms with van der Waals surface area (Å²) < 4.78 is 5.60. The Morgan fingerprint density at radius 2 is 2.00 bits per heavy atom. The Hall–Kier alpha value is -1.68. The average molecular weight is 245 g/mol. The van der Waals surface area contributed by atoms with E-state index in [1.807, 2.05) is 30.3 Å². The van der Waals surface area contributed by atoms with Crippen LogP contribution in [0.2, 0.25) is 0 Å². The Morgan fingerprint density at radius 3 is 2.72 bits per heavy atom. The highest BCUT2D eigenvalue weighted by molar-refractivity contribution is 5.51. The Kier molecular flexibility index (Phi) is 4.47. The Balaban J connectivity index is 1.91. The van der Waals surface area contributed by atoms with Gasteiger partial charge in [-0.15, -0.1) is 10.2 Å². The molecule has 1 atom stereocenters. The molecule has 96 valence electrons. The molecule has 0 saturated carbocycles. The molecular weight excluding hydrogens is 226 g/mol. The van der Waals surface area contributed by atoms with Gasteiger partial charge < -0.3 is 9.73 Å². The first-order chi connectivity index (χ1) is 8.79. The summed E-state index contributed by atoms with van der Waals surface area (Å²) in [6, 6.07) is 9.81. The summed E-state index contributed by atoms with van der Waals surface area (Å²) in [7, 11) is 0. The predicted molar refractivity (Wildman–Crippen MR) is 70.9 cm³/mol. The van der Waals surface area contributed by atoms with Crippen molar-refractivity contribution in [1.82, 2.24) is 15.5 Å². The molecule has 0 bridgehead atoms. The highest BCUT2D eigenvalue weighted by atomic mass is 16.4. The van der Waals surface area contributed by atoms with E-state index < -0.39 is 0 Å². The van der Waals surface area contributed by atoms with Gasteiger partial charge in [-0.2, -0.15) is 0 Å². The molecule has 2 rings (SSSR count). The van der Waals surface area contributed by atoms with Crippen molar-refractivity contribution in [2.45, 2.75) is 26.8 Å². The third kappa shape index (κ3) is 3.40. The van der Waals surface area contributed by atoms with Crippen LogP contribution in [0.25, 0.3) is 11.5 Å². The molecule has 0 aliphatic carbocycles. The summed E-state index contributed by atoms with van der Waals surface area (Å²) in [4.78, 5) is 0. The van der Waals surface area contributed by atoms with E-state index in [2.05, 4.69) is 29.4 Å². The fraction of sp³-hybridized carbons (Fsp3) is 0.429. The van der Waals surface area contributed by atoms with Crippen molar-refractivity contribution in [3.05, 3.63) is 36.2 Å². The van der Waals surface area contributed by atoms with E-state index in [4.69, 9.17) is 4.42 Å². The second kappa shape index (κ2) is 6.31. The van der Waals surface area contributed by atoms with Crippen LogP contribution in [-0.2, 0) is 6.54 Å². The van der Waals surface area contributed by atoms with Gasteiger partial charge in [-0.25, -0.2) is 0 Å². The molecule has 1 aromatic heterocycles. The fourth-order valence-corrected chi connectivity index (χ4v) is 1.59. The molecule has 4 heteroatoms. The van der Waals surface area contributed by atoms with Gasteiger partial charge in [0.05, 0.1) is 6.54 Å². The van der Waals surface area contributed by atoms with Gasteiger partial charge in [0, 0.05) is 5.56 Å². The van der Waals surface area contributed by atoms with Gasteiger partial charge in [0.15, 0.2) is 0 Å². The van der Waals surface area contributed by atoms with Crippen LogP contribution in [0, 0.1) is 5.92 Å². The van der Waals surface area contributed by atoms with Gasteiger partial charge in [-0.3, -0.25) is 0 Å². The Morgan fingerprint density at radius 1 is 1.22 bits per heavy atom. The zero-order chi connectivity index (χ0) is 12.8. The van der Waals surface area contributed by atoms with Gasteiger partial charge in [-0.05, 0) is 24.6 Å². The minimum Gasteiger partial charge on any atom is -0.419 e. The molecule has 1 aromatic carbocycles. The molecule has 0 radical (unpaired) electrons. The minimum absolute atomic E-state index is 0.580. The molecule has 1 N–H and O–H groups in total. The van der Waals surface area contributed by atoms with Gasteiger partial charge >= 0.3 is 0 Å². The van der Waals surface area contributed by atoms with Crippen LogP contribution in [-0.4, -0.2) is 16.7 Å². The quantitative estimate of drug-likeness (QED) is 0.850. The van der Waals surface area contributed by atoms with Crippen LogP contribution in [0.3, 0.4) is 0 Å². The molecule has 0 saturated heterocycles. The van der Waals surface area contributed by atoms with E-state index in [1.54, 1.807) is 0 Å². The Labute approximate surface area is 107 Å². The maximum Gasteiger partial charge on any atom is 0.247 e. The first-order valence-electron chi connectivity index (χ1n) is 6.38. The fourth-order valence-electron chi connectivity index (χ4n) is 1.59. The van der Waals surface area contributed by atoms with Crippen molar-refractivity contribution in [2.24, 2.45) is 5.92 Å². The molecule has 18 heavy (non-hydrogen) atoms. The van der Waals surface area contributed by atoms with Crippen molar-refractivity contribution in [1.29, 1.82) is 0 Å². The maximum atomic E-state index is 5.60. The maximum absolute atomic E-state index is 5.60. The van der Waals surface area contributed by atoms with Crippen LogP contribution >= 0.6 is 0 Å². The molecule has 0 aliphatic rings. The molecule has 0 spiro atoms. The monoisotopic (exact) mass is 245 g/mol. The van der Waals surface area contributed by atoms with Crippen LogP contribution in [0.15, 0.2) is 34.7 Å². The standard InChI is InChI=1S/C14H19N3O/c1-3-11(2)9-15-10-13-16-17-14(18-13)12-7-5-4-6-8-12/h4-8,11,15H,3,9-10H2,1-2H3. The lowest BCUT2D eigenvalue weighted by Crippen LogP contribution is -2.20. The van der Waals surface area contributed by atoms with Gasteiger partial charge in [-0.1, -0.05) is 38.5 Å². The highest BCUT2D eigenvalue weighted by Crippen LogP contribution is 2.16. The van der Waals surface area contributed by atoms with Crippen LogP contribution in [0.5, 0.6) is 0 Å². The summed E-state index contributed by atoms with van der Waals surface area (Å²) in [5.41, 5.74) is 0.957. The lowest BCUT2D eigenvalue weighted by Gasteiger charge is -2.07. The van der Waals surface area contributed by atoms with E-state index in [0.717, 1.165) is 12.1 Å². The zero-order valence-corrected chi connectivity index (χ0v) is 10.9.